The maximum absolute atomic E-state index is 12.1. The van der Waals surface area contributed by atoms with Gasteiger partial charge in [-0.15, -0.1) is 0 Å². The highest BCUT2D eigenvalue weighted by atomic mass is 79.9. The third-order valence-corrected chi connectivity index (χ3v) is 4.28. The molecule has 0 unspecified atom stereocenters. The van der Waals surface area contributed by atoms with Crippen LogP contribution in [0.2, 0.25) is 0 Å². The highest BCUT2D eigenvalue weighted by Gasteiger charge is 2.23. The molecule has 0 fully saturated rings. The minimum absolute atomic E-state index is 0.211. The van der Waals surface area contributed by atoms with Crippen molar-refractivity contribution < 1.29 is 8.94 Å². The van der Waals surface area contributed by atoms with E-state index in [0.29, 0.717) is 17.3 Å². The number of hydrogen-bond acceptors (Lipinski definition) is 5. The maximum Gasteiger partial charge on any atom is 0.420 e. The fraction of sp³-hybridized carbons (Fsp3) is 0.400. The van der Waals surface area contributed by atoms with Gasteiger partial charge in [0.1, 0.15) is 0 Å². The van der Waals surface area contributed by atoms with Crippen molar-refractivity contribution >= 4 is 27.0 Å². The first-order valence-corrected chi connectivity index (χ1v) is 7.68. The molecule has 3 aromatic rings. The number of hydrogen-bond donors (Lipinski definition) is 0. The monoisotopic (exact) mass is 365 g/mol. The minimum atomic E-state index is -0.432. The molecule has 116 valence electrons. The predicted octanol–water partition coefficient (Wildman–Crippen LogP) is 3.39. The SMILES string of the molecule is Cc1c(Br)ccc2oc(=O)n(Cc3noc(C(C)(C)C)n3)c12. The van der Waals surface area contributed by atoms with Crippen molar-refractivity contribution in [1.82, 2.24) is 14.7 Å². The van der Waals surface area contributed by atoms with Gasteiger partial charge in [0, 0.05) is 9.89 Å². The lowest BCUT2D eigenvalue weighted by atomic mass is 9.97. The lowest BCUT2D eigenvalue weighted by Crippen LogP contribution is -2.17. The van der Waals surface area contributed by atoms with Gasteiger partial charge in [-0.1, -0.05) is 41.9 Å². The normalized spacial score (nSPS) is 12.2. The van der Waals surface area contributed by atoms with Gasteiger partial charge in [-0.05, 0) is 24.6 Å². The molecule has 2 aromatic heterocycles. The summed E-state index contributed by atoms with van der Waals surface area (Å²) in [6.07, 6.45) is 0. The molecule has 2 heterocycles. The van der Waals surface area contributed by atoms with E-state index in [2.05, 4.69) is 26.1 Å². The van der Waals surface area contributed by atoms with E-state index >= 15 is 0 Å². The van der Waals surface area contributed by atoms with Crippen molar-refractivity contribution in [2.75, 3.05) is 0 Å². The summed E-state index contributed by atoms with van der Waals surface area (Å²) in [4.78, 5) is 16.5. The Labute approximate surface area is 135 Å². The Kier molecular flexibility index (Phi) is 3.47. The standard InChI is InChI=1S/C15H16BrN3O3/c1-8-9(16)5-6-10-12(8)19(14(20)21-10)7-11-17-13(22-18-11)15(2,3)4/h5-6H,7H2,1-4H3. The van der Waals surface area contributed by atoms with Crippen LogP contribution >= 0.6 is 15.9 Å². The maximum atomic E-state index is 12.1. The molecule has 3 rings (SSSR count). The Morgan fingerprint density at radius 2 is 2.05 bits per heavy atom. The summed E-state index contributed by atoms with van der Waals surface area (Å²) in [5, 5.41) is 3.96. The molecule has 0 bridgehead atoms. The molecule has 0 aliphatic carbocycles. The first-order chi connectivity index (χ1) is 10.3. The second kappa shape index (κ2) is 5.08. The summed E-state index contributed by atoms with van der Waals surface area (Å²) in [5.41, 5.74) is 1.99. The van der Waals surface area contributed by atoms with Gasteiger partial charge in [0.15, 0.2) is 11.4 Å². The van der Waals surface area contributed by atoms with Crippen LogP contribution in [0, 0.1) is 6.92 Å². The van der Waals surface area contributed by atoms with Crippen LogP contribution in [0.3, 0.4) is 0 Å². The van der Waals surface area contributed by atoms with E-state index in [4.69, 9.17) is 8.94 Å². The molecule has 0 radical (unpaired) electrons. The number of benzene rings is 1. The molecule has 0 atom stereocenters. The Balaban J connectivity index is 2.08. The smallest absolute Gasteiger partial charge is 0.408 e. The Morgan fingerprint density at radius 1 is 1.32 bits per heavy atom. The van der Waals surface area contributed by atoms with E-state index in [-0.39, 0.29) is 12.0 Å². The fourth-order valence-electron chi connectivity index (χ4n) is 2.22. The van der Waals surface area contributed by atoms with E-state index in [1.807, 2.05) is 33.8 Å². The zero-order valence-electron chi connectivity index (χ0n) is 12.8. The second-order valence-corrected chi connectivity index (χ2v) is 7.09. The number of aromatic nitrogens is 3. The number of halogens is 1. The molecule has 22 heavy (non-hydrogen) atoms. The number of fused-ring (bicyclic) bond motifs is 1. The summed E-state index contributed by atoms with van der Waals surface area (Å²) in [6.45, 7) is 8.11. The Morgan fingerprint density at radius 3 is 2.68 bits per heavy atom. The molecular weight excluding hydrogens is 350 g/mol. The zero-order valence-corrected chi connectivity index (χ0v) is 14.4. The average Bonchev–Trinajstić information content (AvgIpc) is 3.01. The topological polar surface area (TPSA) is 74.1 Å². The lowest BCUT2D eigenvalue weighted by Gasteiger charge is -2.10. The van der Waals surface area contributed by atoms with Crippen LogP contribution in [-0.4, -0.2) is 14.7 Å². The lowest BCUT2D eigenvalue weighted by molar-refractivity contribution is 0.317. The summed E-state index contributed by atoms with van der Waals surface area (Å²) >= 11 is 3.47. The number of aryl methyl sites for hydroxylation is 1. The van der Waals surface area contributed by atoms with Crippen molar-refractivity contribution in [1.29, 1.82) is 0 Å². The van der Waals surface area contributed by atoms with Crippen LogP contribution in [0.25, 0.3) is 11.1 Å². The van der Waals surface area contributed by atoms with Crippen LogP contribution in [0.15, 0.2) is 30.3 Å². The highest BCUT2D eigenvalue weighted by Crippen LogP contribution is 2.26. The molecule has 7 heteroatoms. The molecule has 0 amide bonds. The summed E-state index contributed by atoms with van der Waals surface area (Å²) < 4.78 is 13.0. The molecule has 0 spiro atoms. The molecule has 0 N–H and O–H groups in total. The van der Waals surface area contributed by atoms with E-state index in [0.717, 1.165) is 15.6 Å². The molecule has 0 saturated carbocycles. The first kappa shape index (κ1) is 15.0. The van der Waals surface area contributed by atoms with Gasteiger partial charge in [-0.2, -0.15) is 4.98 Å². The first-order valence-electron chi connectivity index (χ1n) is 6.89. The number of rotatable bonds is 2. The van der Waals surface area contributed by atoms with Gasteiger partial charge in [-0.25, -0.2) is 4.79 Å². The highest BCUT2D eigenvalue weighted by molar-refractivity contribution is 9.10. The van der Waals surface area contributed by atoms with E-state index in [1.54, 1.807) is 6.07 Å². The zero-order chi connectivity index (χ0) is 16.1. The van der Waals surface area contributed by atoms with Gasteiger partial charge < -0.3 is 8.94 Å². The summed E-state index contributed by atoms with van der Waals surface area (Å²) in [5.74, 6) is 0.564. The minimum Gasteiger partial charge on any atom is -0.408 e. The van der Waals surface area contributed by atoms with Gasteiger partial charge in [0.25, 0.3) is 0 Å². The molecule has 6 nitrogen and oxygen atoms in total. The second-order valence-electron chi connectivity index (χ2n) is 6.24. The van der Waals surface area contributed by atoms with Gasteiger partial charge >= 0.3 is 5.76 Å². The average molecular weight is 366 g/mol. The molecular formula is C15H16BrN3O3. The summed E-state index contributed by atoms with van der Waals surface area (Å²) in [7, 11) is 0. The molecule has 0 saturated heterocycles. The molecule has 0 aliphatic heterocycles. The quantitative estimate of drug-likeness (QED) is 0.695. The summed E-state index contributed by atoms with van der Waals surface area (Å²) in [6, 6.07) is 3.62. The van der Waals surface area contributed by atoms with Crippen molar-refractivity contribution in [2.45, 2.75) is 39.7 Å². The Hall–Kier alpha value is -1.89. The fourth-order valence-corrected chi connectivity index (χ4v) is 2.54. The Bertz CT molecular complexity index is 899. The van der Waals surface area contributed by atoms with Crippen LogP contribution in [0.1, 0.15) is 38.0 Å². The largest absolute Gasteiger partial charge is 0.420 e. The van der Waals surface area contributed by atoms with Crippen molar-refractivity contribution in [3.05, 3.63) is 44.4 Å². The molecule has 1 aromatic carbocycles. The van der Waals surface area contributed by atoms with E-state index < -0.39 is 5.76 Å². The van der Waals surface area contributed by atoms with E-state index in [9.17, 15) is 4.79 Å². The van der Waals surface area contributed by atoms with Crippen molar-refractivity contribution in [3.63, 3.8) is 0 Å². The van der Waals surface area contributed by atoms with E-state index in [1.165, 1.54) is 4.57 Å². The predicted molar refractivity (Wildman–Crippen MR) is 85.0 cm³/mol. The van der Waals surface area contributed by atoms with Crippen LogP contribution < -0.4 is 5.76 Å². The number of nitrogens with zero attached hydrogens (tertiary/aromatic N) is 3. The van der Waals surface area contributed by atoms with Crippen LogP contribution in [0.5, 0.6) is 0 Å². The third-order valence-electron chi connectivity index (χ3n) is 3.42. The van der Waals surface area contributed by atoms with Crippen molar-refractivity contribution in [2.24, 2.45) is 0 Å². The molecule has 0 aliphatic rings. The van der Waals surface area contributed by atoms with Gasteiger partial charge in [0.05, 0.1) is 12.1 Å². The van der Waals surface area contributed by atoms with Crippen LogP contribution in [0.4, 0.5) is 0 Å². The third kappa shape index (κ3) is 2.49. The van der Waals surface area contributed by atoms with Gasteiger partial charge in [-0.3, -0.25) is 4.57 Å². The number of oxazole rings is 1. The van der Waals surface area contributed by atoms with Gasteiger partial charge in [0.2, 0.25) is 5.89 Å². The van der Waals surface area contributed by atoms with Crippen molar-refractivity contribution in [3.8, 4) is 0 Å². The van der Waals surface area contributed by atoms with Crippen LogP contribution in [-0.2, 0) is 12.0 Å².